The molecule has 0 saturated heterocycles. The molecule has 17 heteroatoms. The van der Waals surface area contributed by atoms with Crippen LogP contribution in [0.15, 0.2) is 92.0 Å². The van der Waals surface area contributed by atoms with Gasteiger partial charge in [-0.2, -0.15) is 13.2 Å². The van der Waals surface area contributed by atoms with Crippen LogP contribution in [0.5, 0.6) is 0 Å². The average molecular weight is 627 g/mol. The molecule has 0 fully saturated rings. The van der Waals surface area contributed by atoms with Crippen molar-refractivity contribution in [2.24, 2.45) is 0 Å². The van der Waals surface area contributed by atoms with E-state index >= 15 is 0 Å². The van der Waals surface area contributed by atoms with Gasteiger partial charge in [-0.25, -0.2) is 17.6 Å². The predicted octanol–water partition coefficient (Wildman–Crippen LogP) is 4.56. The Morgan fingerprint density at radius 2 is 1.76 bits per heavy atom. The molecule has 0 atom stereocenters. The number of aromatic nitrogens is 3. The summed E-state index contributed by atoms with van der Waals surface area (Å²) in [6, 6.07) is 14.9. The first-order valence-electron chi connectivity index (χ1n) is 11.3. The second-order valence-corrected chi connectivity index (χ2v) is 10.3. The molecular weight excluding hydrogens is 612 g/mol. The zero-order valence-electron chi connectivity index (χ0n) is 20.5. The number of rotatable bonds is 5. The molecule has 42 heavy (non-hydrogen) atoms. The SMILES string of the molecule is O=C(O)C(F)(F)F.O=c1[nH]c(-c2cccc(F)c2)c(Cl)cc1-n1c(=O)ccc2cc(S(=O)(=O)Nc3ccon3)ccc21. The van der Waals surface area contributed by atoms with Crippen molar-refractivity contribution in [2.75, 3.05) is 4.72 Å². The number of hydrogen-bond donors (Lipinski definition) is 3. The smallest absolute Gasteiger partial charge is 0.475 e. The van der Waals surface area contributed by atoms with Crippen LogP contribution < -0.4 is 15.8 Å². The normalized spacial score (nSPS) is 11.5. The first kappa shape index (κ1) is 30.0. The van der Waals surface area contributed by atoms with Crippen LogP contribution in [0, 0.1) is 5.82 Å². The molecule has 0 aliphatic rings. The van der Waals surface area contributed by atoms with E-state index in [4.69, 9.17) is 21.5 Å². The van der Waals surface area contributed by atoms with Crippen LogP contribution in [-0.4, -0.2) is 40.4 Å². The van der Waals surface area contributed by atoms with E-state index in [1.54, 1.807) is 6.07 Å². The van der Waals surface area contributed by atoms with E-state index in [9.17, 15) is 35.6 Å². The summed E-state index contributed by atoms with van der Waals surface area (Å²) in [5.41, 5.74) is -0.430. The number of hydrogen-bond acceptors (Lipinski definition) is 7. The summed E-state index contributed by atoms with van der Waals surface area (Å²) in [4.78, 5) is 37.1. The molecule has 0 aliphatic heterocycles. The number of pyridine rings is 2. The molecule has 5 aromatic rings. The first-order chi connectivity index (χ1) is 19.7. The summed E-state index contributed by atoms with van der Waals surface area (Å²) in [7, 11) is -4.00. The Morgan fingerprint density at radius 3 is 2.38 bits per heavy atom. The van der Waals surface area contributed by atoms with Gasteiger partial charge in [-0.3, -0.25) is 18.9 Å². The minimum Gasteiger partial charge on any atom is -0.475 e. The minimum atomic E-state index is -5.08. The minimum absolute atomic E-state index is 0.00892. The Morgan fingerprint density at radius 1 is 1.05 bits per heavy atom. The Balaban J connectivity index is 0.000000517. The molecule has 2 aromatic carbocycles. The molecule has 3 aromatic heterocycles. The van der Waals surface area contributed by atoms with Crippen LogP contribution in [0.2, 0.25) is 5.02 Å². The Bertz CT molecular complexity index is 2030. The van der Waals surface area contributed by atoms with Gasteiger partial charge >= 0.3 is 12.1 Å². The van der Waals surface area contributed by atoms with E-state index in [1.807, 2.05) is 0 Å². The molecule has 0 amide bonds. The van der Waals surface area contributed by atoms with Crippen molar-refractivity contribution in [3.05, 3.63) is 105 Å². The fraction of sp³-hybridized carbons (Fsp3) is 0.0400. The maximum absolute atomic E-state index is 13.6. The second-order valence-electron chi connectivity index (χ2n) is 8.24. The van der Waals surface area contributed by atoms with Crippen molar-refractivity contribution >= 4 is 44.3 Å². The van der Waals surface area contributed by atoms with Gasteiger partial charge in [-0.05, 0) is 42.5 Å². The monoisotopic (exact) mass is 626 g/mol. The predicted molar refractivity (Wildman–Crippen MR) is 142 cm³/mol. The topological polar surface area (TPSA) is 164 Å². The molecule has 0 spiro atoms. The van der Waals surface area contributed by atoms with Gasteiger partial charge in [-0.1, -0.05) is 28.9 Å². The number of fused-ring (bicyclic) bond motifs is 1. The fourth-order valence-electron chi connectivity index (χ4n) is 3.62. The molecule has 3 heterocycles. The van der Waals surface area contributed by atoms with Crippen LogP contribution in [0.4, 0.5) is 23.4 Å². The third-order valence-electron chi connectivity index (χ3n) is 5.42. The first-order valence-corrected chi connectivity index (χ1v) is 13.1. The molecule has 5 rings (SSSR count). The van der Waals surface area contributed by atoms with Gasteiger partial charge in [-0.15, -0.1) is 0 Å². The maximum Gasteiger partial charge on any atom is 0.490 e. The van der Waals surface area contributed by atoms with Gasteiger partial charge in [0.15, 0.2) is 5.82 Å². The number of alkyl halides is 3. The van der Waals surface area contributed by atoms with Gasteiger partial charge in [0.2, 0.25) is 0 Å². The van der Waals surface area contributed by atoms with Crippen LogP contribution in [-0.2, 0) is 14.8 Å². The summed E-state index contributed by atoms with van der Waals surface area (Å²) >= 11 is 6.39. The molecule has 0 aliphatic carbocycles. The third kappa shape index (κ3) is 6.50. The standard InChI is InChI=1S/C23H14ClFN4O5S.C2HF3O2/c24-17-12-19(23(31)26-22(17)14-2-1-3-15(25)10-14)29-18-6-5-16(11-13(18)4-7-21(29)30)35(32,33)28-20-8-9-34-27-20;3-2(4,5)1(6)7/h1-12H,(H,26,31)(H,27,28);(H,6,7). The molecular formula is C25H15ClF4N4O7S. The zero-order chi connectivity index (χ0) is 30.8. The van der Waals surface area contributed by atoms with Gasteiger partial charge < -0.3 is 14.6 Å². The lowest BCUT2D eigenvalue weighted by Gasteiger charge is -2.13. The highest BCUT2D eigenvalue weighted by Gasteiger charge is 2.38. The fourth-order valence-corrected chi connectivity index (χ4v) is 4.90. The lowest BCUT2D eigenvalue weighted by Crippen LogP contribution is -2.25. The third-order valence-corrected chi connectivity index (χ3v) is 7.07. The van der Waals surface area contributed by atoms with Crippen molar-refractivity contribution in [1.82, 2.24) is 14.7 Å². The number of sulfonamides is 1. The van der Waals surface area contributed by atoms with Crippen LogP contribution in [0.1, 0.15) is 0 Å². The van der Waals surface area contributed by atoms with Crippen LogP contribution >= 0.6 is 11.6 Å². The quantitative estimate of drug-likeness (QED) is 0.239. The Hall–Kier alpha value is -4.96. The number of nitrogens with one attached hydrogen (secondary N) is 2. The van der Waals surface area contributed by atoms with Crippen molar-refractivity contribution in [1.29, 1.82) is 0 Å². The number of benzene rings is 2. The van der Waals surface area contributed by atoms with Gasteiger partial charge in [0, 0.05) is 23.1 Å². The van der Waals surface area contributed by atoms with E-state index in [0.29, 0.717) is 10.9 Å². The van der Waals surface area contributed by atoms with Crippen molar-refractivity contribution < 1.29 is 40.4 Å². The summed E-state index contributed by atoms with van der Waals surface area (Å²) < 4.78 is 78.8. The number of carbonyl (C=O) groups is 1. The molecule has 0 bridgehead atoms. The number of aliphatic carboxylic acids is 1. The van der Waals surface area contributed by atoms with Crippen molar-refractivity contribution in [2.45, 2.75) is 11.1 Å². The molecule has 218 valence electrons. The average Bonchev–Trinajstić information content (AvgIpc) is 3.42. The van der Waals surface area contributed by atoms with Gasteiger partial charge in [0.25, 0.3) is 21.1 Å². The molecule has 0 saturated carbocycles. The highest BCUT2D eigenvalue weighted by Crippen LogP contribution is 2.27. The lowest BCUT2D eigenvalue weighted by atomic mass is 10.1. The number of anilines is 1. The Labute approximate surface area is 236 Å². The van der Waals surface area contributed by atoms with E-state index in [0.717, 1.165) is 4.57 Å². The van der Waals surface area contributed by atoms with E-state index in [1.165, 1.54) is 66.9 Å². The van der Waals surface area contributed by atoms with E-state index in [-0.39, 0.29) is 32.6 Å². The number of halogens is 5. The molecule has 0 unspecified atom stereocenters. The van der Waals surface area contributed by atoms with Crippen LogP contribution in [0.3, 0.4) is 0 Å². The molecule has 0 radical (unpaired) electrons. The van der Waals surface area contributed by atoms with Gasteiger partial charge in [0.05, 0.1) is 21.1 Å². The van der Waals surface area contributed by atoms with Crippen molar-refractivity contribution in [3.63, 3.8) is 0 Å². The second kappa shape index (κ2) is 11.5. The molecule has 11 nitrogen and oxygen atoms in total. The highest BCUT2D eigenvalue weighted by molar-refractivity contribution is 7.92. The molecule has 3 N–H and O–H groups in total. The number of aromatic amines is 1. The van der Waals surface area contributed by atoms with E-state index < -0.39 is 39.1 Å². The summed E-state index contributed by atoms with van der Waals surface area (Å²) in [5, 5.41) is 11.1. The van der Waals surface area contributed by atoms with Gasteiger partial charge in [0.1, 0.15) is 17.8 Å². The van der Waals surface area contributed by atoms with Crippen LogP contribution in [0.25, 0.3) is 27.8 Å². The van der Waals surface area contributed by atoms with Crippen molar-refractivity contribution in [3.8, 4) is 16.9 Å². The number of nitrogens with zero attached hydrogens (tertiary/aromatic N) is 2. The summed E-state index contributed by atoms with van der Waals surface area (Å²) in [6.45, 7) is 0. The maximum atomic E-state index is 13.6. The largest absolute Gasteiger partial charge is 0.490 e. The summed E-state index contributed by atoms with van der Waals surface area (Å²) in [6.07, 6.45) is -3.86. The zero-order valence-corrected chi connectivity index (χ0v) is 22.1. The number of carboxylic acid groups (broad SMARTS) is 1. The summed E-state index contributed by atoms with van der Waals surface area (Å²) in [5.74, 6) is -3.25. The number of carboxylic acids is 1. The number of H-pyrrole nitrogens is 1. The lowest BCUT2D eigenvalue weighted by molar-refractivity contribution is -0.192. The highest BCUT2D eigenvalue weighted by atomic mass is 35.5. The Kier molecular flexibility index (Phi) is 8.21. The van der Waals surface area contributed by atoms with E-state index in [2.05, 4.69) is 19.4 Å².